The third-order valence-corrected chi connectivity index (χ3v) is 9.97. The molecule has 3 heterocycles. The topological polar surface area (TPSA) is 120 Å². The average Bonchev–Trinajstić information content (AvgIpc) is 2.75. The maximum atomic E-state index is 15.0. The maximum Gasteiger partial charge on any atom is 0.483 e. The van der Waals surface area contributed by atoms with Crippen molar-refractivity contribution in [2.75, 3.05) is 0 Å². The third kappa shape index (κ3) is 4.73. The predicted molar refractivity (Wildman–Crippen MR) is 125 cm³/mol. The number of rotatable bonds is 4. The number of pyridine rings is 1. The van der Waals surface area contributed by atoms with Crippen LogP contribution in [0.2, 0.25) is 0 Å². The summed E-state index contributed by atoms with van der Waals surface area (Å²) in [7, 11) is -3.67. The van der Waals surface area contributed by atoms with Gasteiger partial charge in [-0.2, -0.15) is 0 Å². The molecule has 3 atom stereocenters. The van der Waals surface area contributed by atoms with Crippen LogP contribution in [0.25, 0.3) is 0 Å². The van der Waals surface area contributed by atoms with Gasteiger partial charge in [-0.15, -0.1) is 8.78 Å². The number of Topliss-reactive ketones (excluding diaryl/α,β-unsaturated/α-hetero) is 1. The van der Waals surface area contributed by atoms with E-state index in [4.69, 9.17) is 10.5 Å². The molecule has 1 aromatic carbocycles. The first-order valence-electron chi connectivity index (χ1n) is 10.9. The SMILES string of the molecule is Cc1cccnc1C(=O)Cc1ccc(F)c([C@@]2(C)N=C(N)[C@@]3(C)CCC[C@@H]2S3(=O)=O)c1.O=C(F)F. The van der Waals surface area contributed by atoms with Gasteiger partial charge in [-0.05, 0) is 62.9 Å². The molecule has 0 spiro atoms. The fourth-order valence-corrected chi connectivity index (χ4v) is 7.54. The van der Waals surface area contributed by atoms with Gasteiger partial charge in [0.25, 0.3) is 0 Å². The van der Waals surface area contributed by atoms with Crippen molar-refractivity contribution in [3.63, 3.8) is 0 Å². The molecule has 4 rings (SSSR count). The van der Waals surface area contributed by atoms with E-state index in [1.807, 2.05) is 13.0 Å². The molecular formula is C24H26F3N3O4S. The number of nitrogens with two attached hydrogens (primary N) is 1. The summed E-state index contributed by atoms with van der Waals surface area (Å²) >= 11 is 0. The van der Waals surface area contributed by atoms with Crippen molar-refractivity contribution >= 4 is 27.7 Å². The van der Waals surface area contributed by atoms with Crippen LogP contribution in [0.3, 0.4) is 0 Å². The second-order valence-corrected chi connectivity index (χ2v) is 11.7. The van der Waals surface area contributed by atoms with Gasteiger partial charge in [0.05, 0.1) is 5.25 Å². The molecule has 0 amide bonds. The van der Waals surface area contributed by atoms with Crippen molar-refractivity contribution in [2.45, 2.75) is 62.0 Å². The normalized spacial score (nSPS) is 26.7. The molecule has 188 valence electrons. The number of carbonyl (C=O) groups excluding carboxylic acids is 2. The molecule has 0 saturated carbocycles. The van der Waals surface area contributed by atoms with Gasteiger partial charge in [-0.25, -0.2) is 17.6 Å². The van der Waals surface area contributed by atoms with Gasteiger partial charge in [0, 0.05) is 18.2 Å². The van der Waals surface area contributed by atoms with Gasteiger partial charge in [-0.3, -0.25) is 14.8 Å². The van der Waals surface area contributed by atoms with E-state index in [1.54, 1.807) is 32.2 Å². The number of sulfone groups is 1. The number of hydrogen-bond acceptors (Lipinski definition) is 7. The maximum absolute atomic E-state index is 15.0. The Balaban J connectivity index is 0.000000795. The number of ketones is 1. The van der Waals surface area contributed by atoms with Gasteiger partial charge >= 0.3 is 6.29 Å². The van der Waals surface area contributed by atoms with Gasteiger partial charge in [0.2, 0.25) is 0 Å². The molecule has 0 radical (unpaired) electrons. The van der Waals surface area contributed by atoms with Crippen LogP contribution in [0.5, 0.6) is 0 Å². The van der Waals surface area contributed by atoms with E-state index in [9.17, 15) is 22.0 Å². The monoisotopic (exact) mass is 509 g/mol. The lowest BCUT2D eigenvalue weighted by molar-refractivity contribution is 0.0987. The van der Waals surface area contributed by atoms with E-state index >= 15 is 4.39 Å². The number of aryl methyl sites for hydroxylation is 1. The first kappa shape index (κ1) is 26.5. The van der Waals surface area contributed by atoms with Crippen LogP contribution < -0.4 is 5.73 Å². The molecule has 1 aromatic heterocycles. The Hall–Kier alpha value is -3.08. The number of benzene rings is 1. The smallest absolute Gasteiger partial charge is 0.386 e. The zero-order valence-corrected chi connectivity index (χ0v) is 20.3. The molecule has 2 bridgehead atoms. The number of nitrogens with zero attached hydrogens (tertiary/aromatic N) is 2. The highest BCUT2D eigenvalue weighted by Crippen LogP contribution is 2.49. The highest BCUT2D eigenvalue weighted by Gasteiger charge is 2.60. The number of amidine groups is 1. The zero-order chi connectivity index (χ0) is 26.2. The van der Waals surface area contributed by atoms with E-state index in [-0.39, 0.29) is 23.6 Å². The fourth-order valence-electron chi connectivity index (χ4n) is 4.88. The molecule has 0 aliphatic carbocycles. The second kappa shape index (κ2) is 9.52. The van der Waals surface area contributed by atoms with E-state index in [0.29, 0.717) is 30.5 Å². The standard InChI is InChI=1S/C23H26FN3O3S.CF2O/c1-14-6-5-11-26-20(14)18(28)13-15-8-9-17(24)16(12-15)23(3)19-7-4-10-22(2,21(25)27-23)31(19,29)30;2-1(3)4/h5-6,8-9,11-12,19H,4,7,10,13H2,1-3H3,(H2,25,27);/t19-,22+,23+;/m0./s1. The van der Waals surface area contributed by atoms with E-state index in [0.717, 1.165) is 5.56 Å². The number of halogens is 3. The van der Waals surface area contributed by atoms with Crippen molar-refractivity contribution in [2.24, 2.45) is 10.7 Å². The third-order valence-electron chi connectivity index (χ3n) is 6.86. The number of carbonyl (C=O) groups is 2. The molecule has 11 heteroatoms. The highest BCUT2D eigenvalue weighted by atomic mass is 32.2. The lowest BCUT2D eigenvalue weighted by Gasteiger charge is -2.48. The Morgan fingerprint density at radius 2 is 1.86 bits per heavy atom. The van der Waals surface area contributed by atoms with Crippen LogP contribution in [0.1, 0.15) is 60.3 Å². The summed E-state index contributed by atoms with van der Waals surface area (Å²) in [5.41, 5.74) is 6.65. The highest BCUT2D eigenvalue weighted by molar-refractivity contribution is 7.94. The largest absolute Gasteiger partial charge is 0.483 e. The van der Waals surface area contributed by atoms with Crippen molar-refractivity contribution < 1.29 is 31.2 Å². The summed E-state index contributed by atoms with van der Waals surface area (Å²) < 4.78 is 59.9. The number of fused-ring (bicyclic) bond motifs is 2. The Morgan fingerprint density at radius 1 is 1.20 bits per heavy atom. The summed E-state index contributed by atoms with van der Waals surface area (Å²) in [6.07, 6.45) is 0.223. The zero-order valence-electron chi connectivity index (χ0n) is 19.5. The minimum absolute atomic E-state index is 0.0234. The summed E-state index contributed by atoms with van der Waals surface area (Å²) in [6.45, 7) is 5.04. The van der Waals surface area contributed by atoms with Crippen LogP contribution >= 0.6 is 0 Å². The predicted octanol–water partition coefficient (Wildman–Crippen LogP) is 4.31. The summed E-state index contributed by atoms with van der Waals surface area (Å²) in [4.78, 5) is 29.6. The molecule has 35 heavy (non-hydrogen) atoms. The van der Waals surface area contributed by atoms with E-state index in [2.05, 4.69) is 9.98 Å². The molecule has 1 fully saturated rings. The minimum atomic E-state index is -3.67. The van der Waals surface area contributed by atoms with Crippen LogP contribution in [0.4, 0.5) is 18.0 Å². The quantitative estimate of drug-likeness (QED) is 0.484. The lowest BCUT2D eigenvalue weighted by Crippen LogP contribution is -2.63. The molecule has 2 aliphatic rings. The summed E-state index contributed by atoms with van der Waals surface area (Å²) in [5, 5.41) is -0.871. The molecule has 7 nitrogen and oxygen atoms in total. The van der Waals surface area contributed by atoms with Gasteiger partial charge in [0.1, 0.15) is 27.6 Å². The Bertz CT molecular complexity index is 1310. The van der Waals surface area contributed by atoms with Crippen molar-refractivity contribution in [1.29, 1.82) is 0 Å². The van der Waals surface area contributed by atoms with Crippen LogP contribution in [0, 0.1) is 12.7 Å². The molecule has 2 aromatic rings. The Morgan fingerprint density at radius 3 is 2.49 bits per heavy atom. The summed E-state index contributed by atoms with van der Waals surface area (Å²) in [5.74, 6) is -0.727. The number of hydrogen-bond donors (Lipinski definition) is 1. The van der Waals surface area contributed by atoms with Gasteiger partial charge in [0.15, 0.2) is 15.6 Å². The van der Waals surface area contributed by atoms with Crippen molar-refractivity contribution in [1.82, 2.24) is 4.98 Å². The number of aromatic nitrogens is 1. The summed E-state index contributed by atoms with van der Waals surface area (Å²) in [6, 6.07) is 7.92. The van der Waals surface area contributed by atoms with Gasteiger partial charge in [-0.1, -0.05) is 18.6 Å². The van der Waals surface area contributed by atoms with E-state index in [1.165, 1.54) is 12.1 Å². The minimum Gasteiger partial charge on any atom is -0.386 e. The van der Waals surface area contributed by atoms with E-state index < -0.39 is 37.5 Å². The Kier molecular flexibility index (Phi) is 7.21. The number of aliphatic imine (C=N–C) groups is 1. The molecule has 2 aliphatic heterocycles. The van der Waals surface area contributed by atoms with Gasteiger partial charge < -0.3 is 5.73 Å². The van der Waals surface area contributed by atoms with Crippen molar-refractivity contribution in [3.8, 4) is 0 Å². The average molecular weight is 510 g/mol. The molecular weight excluding hydrogens is 483 g/mol. The molecule has 1 saturated heterocycles. The van der Waals surface area contributed by atoms with Crippen LogP contribution in [0.15, 0.2) is 41.5 Å². The second-order valence-electron chi connectivity index (χ2n) is 9.11. The Labute approximate surface area is 201 Å². The van der Waals surface area contributed by atoms with Crippen LogP contribution in [-0.2, 0) is 21.8 Å². The van der Waals surface area contributed by atoms with Crippen LogP contribution in [-0.4, -0.2) is 41.3 Å². The first-order valence-corrected chi connectivity index (χ1v) is 12.5. The first-order chi connectivity index (χ1) is 16.2. The molecule has 0 unspecified atom stereocenters. The fraction of sp³-hybridized carbons (Fsp3) is 0.417. The lowest BCUT2D eigenvalue weighted by atomic mass is 9.82. The van der Waals surface area contributed by atoms with Crippen molar-refractivity contribution in [3.05, 3.63) is 64.7 Å². The molecule has 2 N–H and O–H groups in total.